The van der Waals surface area contributed by atoms with Crippen LogP contribution in [0.25, 0.3) is 0 Å². The molecule has 1 aromatic carbocycles. The van der Waals surface area contributed by atoms with Gasteiger partial charge in [-0.2, -0.15) is 0 Å². The van der Waals surface area contributed by atoms with Crippen LogP contribution in [0.2, 0.25) is 5.02 Å². The van der Waals surface area contributed by atoms with Gasteiger partial charge in [0, 0.05) is 6.08 Å². The molecule has 0 saturated heterocycles. The fourth-order valence-corrected chi connectivity index (χ4v) is 1.54. The van der Waals surface area contributed by atoms with Crippen LogP contribution >= 0.6 is 11.6 Å². The third-order valence-corrected chi connectivity index (χ3v) is 2.57. The predicted octanol–water partition coefficient (Wildman–Crippen LogP) is 3.32. The molecule has 0 aliphatic carbocycles. The maximum atomic E-state index is 12.9. The van der Waals surface area contributed by atoms with E-state index in [0.717, 1.165) is 11.6 Å². The molecule has 108 valence electrons. The lowest BCUT2D eigenvalue weighted by molar-refractivity contribution is -0.148. The molecule has 0 aliphatic rings. The number of amides is 1. The Morgan fingerprint density at radius 3 is 2.60 bits per heavy atom. The minimum absolute atomic E-state index is 0.0705. The lowest BCUT2D eigenvalue weighted by Gasteiger charge is -2.13. The second-order valence-corrected chi connectivity index (χ2v) is 4.82. The zero-order valence-corrected chi connectivity index (χ0v) is 12.1. The van der Waals surface area contributed by atoms with Gasteiger partial charge in [0.15, 0.2) is 6.10 Å². The predicted molar refractivity (Wildman–Crippen MR) is 75.0 cm³/mol. The van der Waals surface area contributed by atoms with Gasteiger partial charge in [0.1, 0.15) is 5.82 Å². The van der Waals surface area contributed by atoms with Crippen molar-refractivity contribution in [3.05, 3.63) is 40.7 Å². The highest BCUT2D eigenvalue weighted by molar-refractivity contribution is 6.33. The number of halogens is 2. The minimum atomic E-state index is -0.987. The van der Waals surface area contributed by atoms with Gasteiger partial charge in [-0.05, 0) is 39.0 Å². The highest BCUT2D eigenvalue weighted by Gasteiger charge is 2.17. The lowest BCUT2D eigenvalue weighted by Crippen LogP contribution is -2.29. The fraction of sp³-hybridized carbons (Fsp3) is 0.286. The van der Waals surface area contributed by atoms with Crippen molar-refractivity contribution in [3.8, 4) is 0 Å². The van der Waals surface area contributed by atoms with Crippen LogP contribution < -0.4 is 5.32 Å². The molecule has 0 aromatic heterocycles. The summed E-state index contributed by atoms with van der Waals surface area (Å²) in [6, 6.07) is 3.58. The Kier molecular flexibility index (Phi) is 5.70. The minimum Gasteiger partial charge on any atom is -0.449 e. The molecule has 4 nitrogen and oxygen atoms in total. The van der Waals surface area contributed by atoms with Crippen molar-refractivity contribution in [1.82, 2.24) is 0 Å². The summed E-state index contributed by atoms with van der Waals surface area (Å²) in [6.07, 6.45) is 0.300. The number of carbonyl (C=O) groups excluding carboxylic acids is 2. The van der Waals surface area contributed by atoms with Crippen molar-refractivity contribution < 1.29 is 18.7 Å². The van der Waals surface area contributed by atoms with Gasteiger partial charge in [-0.1, -0.05) is 17.2 Å². The molecule has 0 bridgehead atoms. The number of hydrogen-bond donors (Lipinski definition) is 1. The summed E-state index contributed by atoms with van der Waals surface area (Å²) >= 11 is 5.78. The van der Waals surface area contributed by atoms with E-state index in [-0.39, 0.29) is 10.7 Å². The van der Waals surface area contributed by atoms with Crippen LogP contribution in [0, 0.1) is 5.82 Å². The largest absolute Gasteiger partial charge is 0.449 e. The van der Waals surface area contributed by atoms with Crippen molar-refractivity contribution in [3.63, 3.8) is 0 Å². The van der Waals surface area contributed by atoms with Gasteiger partial charge in [-0.15, -0.1) is 0 Å². The van der Waals surface area contributed by atoms with E-state index in [1.807, 2.05) is 0 Å². The van der Waals surface area contributed by atoms with E-state index in [9.17, 15) is 14.0 Å². The Morgan fingerprint density at radius 2 is 2.05 bits per heavy atom. The molecule has 20 heavy (non-hydrogen) atoms. The first-order chi connectivity index (χ1) is 9.29. The van der Waals surface area contributed by atoms with Crippen LogP contribution in [-0.2, 0) is 14.3 Å². The molecule has 0 aliphatic heterocycles. The summed E-state index contributed by atoms with van der Waals surface area (Å²) in [7, 11) is 0. The van der Waals surface area contributed by atoms with Gasteiger partial charge in [0.25, 0.3) is 5.91 Å². The SMILES string of the molecule is CC(C)=CC(=O)O[C@H](C)C(=O)Nc1ccc(F)cc1Cl. The smallest absolute Gasteiger partial charge is 0.331 e. The van der Waals surface area contributed by atoms with E-state index in [2.05, 4.69) is 5.32 Å². The van der Waals surface area contributed by atoms with Crippen LogP contribution in [0.1, 0.15) is 20.8 Å². The average molecular weight is 300 g/mol. The quantitative estimate of drug-likeness (QED) is 0.685. The standard InChI is InChI=1S/C14H15ClFNO3/c1-8(2)6-13(18)20-9(3)14(19)17-12-5-4-10(16)7-11(12)15/h4-7,9H,1-3H3,(H,17,19)/t9-/m1/s1. The molecule has 6 heteroatoms. The summed E-state index contributed by atoms with van der Waals surface area (Å²) in [6.45, 7) is 4.91. The van der Waals surface area contributed by atoms with Crippen LogP contribution in [0.5, 0.6) is 0 Å². The molecule has 0 unspecified atom stereocenters. The molecule has 0 heterocycles. The molecular weight excluding hydrogens is 285 g/mol. The maximum Gasteiger partial charge on any atom is 0.331 e. The number of allylic oxidation sites excluding steroid dienone is 1. The summed E-state index contributed by atoms with van der Waals surface area (Å²) in [5, 5.41) is 2.53. The zero-order chi connectivity index (χ0) is 15.3. The third-order valence-electron chi connectivity index (χ3n) is 2.26. The van der Waals surface area contributed by atoms with E-state index < -0.39 is 23.8 Å². The van der Waals surface area contributed by atoms with Crippen LogP contribution in [0.4, 0.5) is 10.1 Å². The molecule has 1 atom stereocenters. The van der Waals surface area contributed by atoms with Crippen molar-refractivity contribution in [2.75, 3.05) is 5.32 Å². The summed E-state index contributed by atoms with van der Waals surface area (Å²) in [5.41, 5.74) is 1.02. The molecule has 0 saturated carbocycles. The first kappa shape index (κ1) is 16.2. The Hall–Kier alpha value is -1.88. The third kappa shape index (κ3) is 5.01. The Bertz CT molecular complexity index is 553. The van der Waals surface area contributed by atoms with Gasteiger partial charge >= 0.3 is 5.97 Å². The number of carbonyl (C=O) groups is 2. The number of rotatable bonds is 4. The number of esters is 1. The molecule has 1 aromatic rings. The molecule has 0 fully saturated rings. The molecule has 1 amide bonds. The van der Waals surface area contributed by atoms with Gasteiger partial charge in [-0.3, -0.25) is 4.79 Å². The van der Waals surface area contributed by atoms with E-state index in [1.165, 1.54) is 25.1 Å². The average Bonchev–Trinajstić information content (AvgIpc) is 2.31. The second-order valence-electron chi connectivity index (χ2n) is 4.41. The molecule has 1 rings (SSSR count). The van der Waals surface area contributed by atoms with Crippen molar-refractivity contribution in [1.29, 1.82) is 0 Å². The number of benzene rings is 1. The maximum absolute atomic E-state index is 12.9. The van der Waals surface area contributed by atoms with E-state index >= 15 is 0 Å². The van der Waals surface area contributed by atoms with E-state index in [1.54, 1.807) is 13.8 Å². The number of anilines is 1. The second kappa shape index (κ2) is 7.05. The summed E-state index contributed by atoms with van der Waals surface area (Å²) in [5.74, 6) is -1.65. The van der Waals surface area contributed by atoms with E-state index in [4.69, 9.17) is 16.3 Å². The highest BCUT2D eigenvalue weighted by Crippen LogP contribution is 2.22. The van der Waals surface area contributed by atoms with Crippen LogP contribution in [0.3, 0.4) is 0 Å². The number of ether oxygens (including phenoxy) is 1. The monoisotopic (exact) mass is 299 g/mol. The van der Waals surface area contributed by atoms with E-state index in [0.29, 0.717) is 0 Å². The molecular formula is C14H15ClFNO3. The van der Waals surface area contributed by atoms with Crippen molar-refractivity contribution in [2.45, 2.75) is 26.9 Å². The first-order valence-corrected chi connectivity index (χ1v) is 6.29. The molecule has 0 radical (unpaired) electrons. The van der Waals surface area contributed by atoms with Gasteiger partial charge in [0.05, 0.1) is 10.7 Å². The van der Waals surface area contributed by atoms with Crippen LogP contribution in [0.15, 0.2) is 29.8 Å². The highest BCUT2D eigenvalue weighted by atomic mass is 35.5. The molecule has 0 spiro atoms. The molecule has 1 N–H and O–H groups in total. The van der Waals surface area contributed by atoms with Gasteiger partial charge in [0.2, 0.25) is 0 Å². The zero-order valence-electron chi connectivity index (χ0n) is 11.4. The Labute approximate surface area is 121 Å². The Balaban J connectivity index is 2.66. The Morgan fingerprint density at radius 1 is 1.40 bits per heavy atom. The lowest BCUT2D eigenvalue weighted by atomic mass is 10.3. The number of nitrogens with one attached hydrogen (secondary N) is 1. The van der Waals surface area contributed by atoms with Crippen LogP contribution in [-0.4, -0.2) is 18.0 Å². The van der Waals surface area contributed by atoms with Crippen molar-refractivity contribution >= 4 is 29.2 Å². The normalized spacial score (nSPS) is 11.4. The van der Waals surface area contributed by atoms with Gasteiger partial charge in [-0.25, -0.2) is 9.18 Å². The van der Waals surface area contributed by atoms with Crippen molar-refractivity contribution in [2.24, 2.45) is 0 Å². The van der Waals surface area contributed by atoms with Gasteiger partial charge < -0.3 is 10.1 Å². The first-order valence-electron chi connectivity index (χ1n) is 5.91. The topological polar surface area (TPSA) is 55.4 Å². The fourth-order valence-electron chi connectivity index (χ4n) is 1.32. The summed E-state index contributed by atoms with van der Waals surface area (Å²) in [4.78, 5) is 23.2. The summed E-state index contributed by atoms with van der Waals surface area (Å²) < 4.78 is 17.8. The number of hydrogen-bond acceptors (Lipinski definition) is 3.